The van der Waals surface area contributed by atoms with Gasteiger partial charge < -0.3 is 5.32 Å². The second kappa shape index (κ2) is 8.00. The van der Waals surface area contributed by atoms with Gasteiger partial charge in [-0.25, -0.2) is 10.9 Å². The largest absolute Gasteiger partial charge is 0.371 e. The fraction of sp³-hybridized carbons (Fsp3) is 0.375. The number of nitrogens with one attached hydrogen (secondary N) is 3. The van der Waals surface area contributed by atoms with Crippen LogP contribution in [0.4, 0.5) is 11.4 Å². The summed E-state index contributed by atoms with van der Waals surface area (Å²) in [6, 6.07) is 12.6. The zero-order chi connectivity index (χ0) is 24.2. The van der Waals surface area contributed by atoms with Gasteiger partial charge in [0.05, 0.1) is 22.1 Å². The summed E-state index contributed by atoms with van der Waals surface area (Å²) in [5.41, 5.74) is 9.77. The number of non-ortho nitro benzene ring substituents is 2. The van der Waals surface area contributed by atoms with Gasteiger partial charge in [0.1, 0.15) is 0 Å². The highest BCUT2D eigenvalue weighted by atomic mass is 16.6. The van der Waals surface area contributed by atoms with E-state index in [4.69, 9.17) is 0 Å². The first-order chi connectivity index (χ1) is 16.1. The Morgan fingerprint density at radius 1 is 0.853 bits per heavy atom. The molecule has 3 N–H and O–H groups in total. The number of ketones is 1. The zero-order valence-corrected chi connectivity index (χ0v) is 18.8. The number of nitro groups is 2. The average Bonchev–Trinajstić information content (AvgIpc) is 3.20. The Hall–Kier alpha value is -3.63. The van der Waals surface area contributed by atoms with Crippen molar-refractivity contribution in [2.75, 3.05) is 0 Å². The Bertz CT molecular complexity index is 1210. The van der Waals surface area contributed by atoms with Crippen molar-refractivity contribution in [1.82, 2.24) is 16.2 Å². The molecule has 176 valence electrons. The molecule has 2 aromatic carbocycles. The van der Waals surface area contributed by atoms with Crippen LogP contribution in [0.1, 0.15) is 49.8 Å². The molecule has 0 saturated carbocycles. The lowest BCUT2D eigenvalue weighted by molar-refractivity contribution is -0.385. The van der Waals surface area contributed by atoms with Crippen LogP contribution in [0.15, 0.2) is 59.8 Å². The van der Waals surface area contributed by atoms with Gasteiger partial charge in [-0.05, 0) is 23.0 Å². The summed E-state index contributed by atoms with van der Waals surface area (Å²) in [5.74, 6) is -0.366. The maximum Gasteiger partial charge on any atom is 0.269 e. The molecule has 34 heavy (non-hydrogen) atoms. The molecule has 2 aromatic rings. The van der Waals surface area contributed by atoms with Gasteiger partial charge in [-0.2, -0.15) is 0 Å². The number of hydrogen-bond acceptors (Lipinski definition) is 8. The van der Waals surface area contributed by atoms with E-state index < -0.39 is 9.85 Å². The third-order valence-electron chi connectivity index (χ3n) is 7.04. The van der Waals surface area contributed by atoms with Crippen LogP contribution in [0.25, 0.3) is 0 Å². The van der Waals surface area contributed by atoms with Crippen LogP contribution >= 0.6 is 0 Å². The molecule has 0 spiro atoms. The highest BCUT2D eigenvalue weighted by Crippen LogP contribution is 2.51. The first kappa shape index (κ1) is 22.2. The van der Waals surface area contributed by atoms with E-state index in [-0.39, 0.29) is 46.6 Å². The highest BCUT2D eigenvalue weighted by Gasteiger charge is 2.51. The second-order valence-corrected chi connectivity index (χ2v) is 9.97. The summed E-state index contributed by atoms with van der Waals surface area (Å²) in [7, 11) is 0. The first-order valence-electron chi connectivity index (χ1n) is 11.2. The van der Waals surface area contributed by atoms with Crippen LogP contribution in [0.2, 0.25) is 0 Å². The molecule has 5 rings (SSSR count). The molecule has 10 nitrogen and oxygen atoms in total. The molecule has 4 unspecified atom stereocenters. The summed E-state index contributed by atoms with van der Waals surface area (Å²) in [6.45, 7) is 4.15. The quantitative estimate of drug-likeness (QED) is 0.461. The van der Waals surface area contributed by atoms with Gasteiger partial charge in [0.25, 0.3) is 11.4 Å². The van der Waals surface area contributed by atoms with Gasteiger partial charge in [0.15, 0.2) is 5.78 Å². The molecule has 1 fully saturated rings. The monoisotopic (exact) mass is 463 g/mol. The molecule has 2 heterocycles. The third-order valence-corrected chi connectivity index (χ3v) is 7.04. The van der Waals surface area contributed by atoms with Crippen molar-refractivity contribution in [3.8, 4) is 0 Å². The molecule has 1 saturated heterocycles. The van der Waals surface area contributed by atoms with Crippen molar-refractivity contribution in [2.24, 2.45) is 11.3 Å². The van der Waals surface area contributed by atoms with Crippen molar-refractivity contribution in [1.29, 1.82) is 0 Å². The molecular formula is C24H25N5O5. The molecule has 0 bridgehead atoms. The van der Waals surface area contributed by atoms with Crippen molar-refractivity contribution < 1.29 is 14.6 Å². The van der Waals surface area contributed by atoms with Gasteiger partial charge in [0, 0.05) is 53.8 Å². The van der Waals surface area contributed by atoms with Crippen LogP contribution < -0.4 is 16.2 Å². The van der Waals surface area contributed by atoms with Crippen molar-refractivity contribution in [3.63, 3.8) is 0 Å². The molecule has 3 aliphatic rings. The van der Waals surface area contributed by atoms with Crippen LogP contribution in [0, 0.1) is 31.6 Å². The molecule has 0 radical (unpaired) electrons. The summed E-state index contributed by atoms with van der Waals surface area (Å²) in [6.07, 6.45) is 0.961. The number of Topliss-reactive ketones (excluding diaryl/α,β-unsaturated/α-hetero) is 1. The van der Waals surface area contributed by atoms with E-state index in [0.29, 0.717) is 6.42 Å². The molecule has 4 atom stereocenters. The van der Waals surface area contributed by atoms with Crippen molar-refractivity contribution in [3.05, 3.63) is 91.2 Å². The number of hydrazine groups is 1. The predicted molar refractivity (Wildman–Crippen MR) is 123 cm³/mol. The Labute approximate surface area is 195 Å². The van der Waals surface area contributed by atoms with Crippen molar-refractivity contribution >= 4 is 17.2 Å². The minimum atomic E-state index is -0.438. The van der Waals surface area contributed by atoms with Gasteiger partial charge >= 0.3 is 0 Å². The zero-order valence-electron chi connectivity index (χ0n) is 18.8. The lowest BCUT2D eigenvalue weighted by Gasteiger charge is -2.44. The normalized spacial score (nSPS) is 27.5. The van der Waals surface area contributed by atoms with E-state index in [1.54, 1.807) is 24.3 Å². The number of hydrogen-bond donors (Lipinski definition) is 3. The van der Waals surface area contributed by atoms with Gasteiger partial charge in [-0.15, -0.1) is 0 Å². The Morgan fingerprint density at radius 2 is 1.41 bits per heavy atom. The molecule has 2 aliphatic heterocycles. The smallest absolute Gasteiger partial charge is 0.269 e. The molecule has 0 amide bonds. The fourth-order valence-corrected chi connectivity index (χ4v) is 5.59. The van der Waals surface area contributed by atoms with E-state index in [9.17, 15) is 25.0 Å². The number of rotatable bonds is 4. The first-order valence-corrected chi connectivity index (χ1v) is 11.2. The van der Waals surface area contributed by atoms with E-state index in [2.05, 4.69) is 30.0 Å². The molecular weight excluding hydrogens is 438 g/mol. The average molecular weight is 463 g/mol. The number of nitrogens with zero attached hydrogens (tertiary/aromatic N) is 2. The van der Waals surface area contributed by atoms with E-state index in [1.807, 2.05) is 0 Å². The maximum atomic E-state index is 13.4. The number of carbonyl (C=O) groups excluding carboxylic acids is 1. The van der Waals surface area contributed by atoms with Crippen LogP contribution in [-0.4, -0.2) is 21.8 Å². The lowest BCUT2D eigenvalue weighted by Crippen LogP contribution is -2.51. The Kier molecular flexibility index (Phi) is 5.22. The summed E-state index contributed by atoms with van der Waals surface area (Å²) < 4.78 is 0. The number of nitro benzene ring substituents is 2. The van der Waals surface area contributed by atoms with Crippen molar-refractivity contribution in [2.45, 2.75) is 44.8 Å². The second-order valence-electron chi connectivity index (χ2n) is 9.97. The summed E-state index contributed by atoms with van der Waals surface area (Å²) in [5, 5.41) is 25.8. The van der Waals surface area contributed by atoms with E-state index in [0.717, 1.165) is 28.8 Å². The number of carbonyl (C=O) groups is 1. The molecule has 1 aliphatic carbocycles. The molecule has 0 aromatic heterocycles. The maximum absolute atomic E-state index is 13.4. The van der Waals surface area contributed by atoms with Gasteiger partial charge in [-0.3, -0.25) is 25.0 Å². The number of allylic oxidation sites excluding steroid dienone is 2. The van der Waals surface area contributed by atoms with E-state index in [1.165, 1.54) is 24.3 Å². The minimum absolute atomic E-state index is 0.00543. The lowest BCUT2D eigenvalue weighted by atomic mass is 9.65. The fourth-order valence-electron chi connectivity index (χ4n) is 5.59. The van der Waals surface area contributed by atoms with E-state index >= 15 is 0 Å². The highest BCUT2D eigenvalue weighted by molar-refractivity contribution is 5.99. The molecule has 10 heteroatoms. The number of fused-ring (bicyclic) bond motifs is 1. The number of benzene rings is 2. The van der Waals surface area contributed by atoms with Crippen LogP contribution in [0.3, 0.4) is 0 Å². The summed E-state index contributed by atoms with van der Waals surface area (Å²) >= 11 is 0. The summed E-state index contributed by atoms with van der Waals surface area (Å²) in [4.78, 5) is 34.9. The standard InChI is InChI=1S/C24H25N5O5/c1-24(2)11-17-20(18(30)12-24)19(13-3-7-15(8-4-13)28(31)32)21-22(26-27-23(21)25-17)14-5-9-16(10-6-14)29(33)34/h3-10,19,21-23,25-27H,11-12H2,1-2H3. The van der Waals surface area contributed by atoms with Gasteiger partial charge in [-0.1, -0.05) is 38.1 Å². The predicted octanol–water partition coefficient (Wildman–Crippen LogP) is 3.62. The Morgan fingerprint density at radius 3 is 1.97 bits per heavy atom. The third kappa shape index (κ3) is 3.74. The topological polar surface area (TPSA) is 139 Å². The van der Waals surface area contributed by atoms with Crippen LogP contribution in [-0.2, 0) is 4.79 Å². The minimum Gasteiger partial charge on any atom is -0.371 e. The van der Waals surface area contributed by atoms with Crippen LogP contribution in [0.5, 0.6) is 0 Å². The Balaban J connectivity index is 1.61. The van der Waals surface area contributed by atoms with Gasteiger partial charge in [0.2, 0.25) is 0 Å². The SMILES string of the molecule is CC1(C)CC(=O)C2=C(C1)NC1NNC(c3ccc([N+](=O)[O-])cc3)C1C2c1ccc([N+](=O)[O-])cc1.